The van der Waals surface area contributed by atoms with Crippen molar-refractivity contribution in [1.82, 2.24) is 14.8 Å². The Hall–Kier alpha value is -0.940. The van der Waals surface area contributed by atoms with Crippen LogP contribution in [0.15, 0.2) is 5.38 Å². The lowest BCUT2D eigenvalue weighted by atomic mass is 10.1. The zero-order valence-corrected chi connectivity index (χ0v) is 13.0. The minimum atomic E-state index is 0.322. The smallest absolute Gasteiger partial charge is 0.225 e. The van der Waals surface area contributed by atoms with Crippen molar-refractivity contribution >= 4 is 17.2 Å². The molecular weight excluding hydrogens is 270 g/mol. The highest BCUT2D eigenvalue weighted by Crippen LogP contribution is 2.27. The first-order chi connectivity index (χ1) is 9.72. The van der Waals surface area contributed by atoms with Gasteiger partial charge in [0.15, 0.2) is 0 Å². The van der Waals surface area contributed by atoms with Gasteiger partial charge in [0, 0.05) is 44.0 Å². The SMILES string of the molecule is Cc1nc(CN2CCN(C(=O)C3CCCC3)CC2)cs1. The molecule has 1 aliphatic heterocycles. The second-order valence-corrected chi connectivity index (χ2v) is 7.00. The number of hydrogen-bond donors (Lipinski definition) is 0. The number of amides is 1. The van der Waals surface area contributed by atoms with Gasteiger partial charge in [-0.05, 0) is 19.8 Å². The lowest BCUT2D eigenvalue weighted by molar-refractivity contribution is -0.137. The number of rotatable bonds is 3. The van der Waals surface area contributed by atoms with Gasteiger partial charge in [0.1, 0.15) is 0 Å². The van der Waals surface area contributed by atoms with Gasteiger partial charge in [-0.2, -0.15) is 0 Å². The Balaban J connectivity index is 1.48. The number of carbonyl (C=O) groups excluding carboxylic acids is 1. The molecule has 0 aromatic carbocycles. The molecule has 1 amide bonds. The maximum absolute atomic E-state index is 12.4. The van der Waals surface area contributed by atoms with Crippen LogP contribution in [0, 0.1) is 12.8 Å². The lowest BCUT2D eigenvalue weighted by Gasteiger charge is -2.35. The Morgan fingerprint density at radius 2 is 2.00 bits per heavy atom. The van der Waals surface area contributed by atoms with Crippen molar-refractivity contribution in [3.05, 3.63) is 16.1 Å². The third kappa shape index (κ3) is 3.20. The summed E-state index contributed by atoms with van der Waals surface area (Å²) < 4.78 is 0. The van der Waals surface area contributed by atoms with Crippen molar-refractivity contribution in [2.45, 2.75) is 39.2 Å². The van der Waals surface area contributed by atoms with Crippen molar-refractivity contribution in [3.8, 4) is 0 Å². The van der Waals surface area contributed by atoms with Crippen LogP contribution in [-0.4, -0.2) is 46.9 Å². The van der Waals surface area contributed by atoms with Crippen molar-refractivity contribution in [1.29, 1.82) is 0 Å². The Kier molecular flexibility index (Phi) is 4.36. The average molecular weight is 293 g/mol. The molecule has 2 fully saturated rings. The highest BCUT2D eigenvalue weighted by molar-refractivity contribution is 7.09. The molecule has 0 unspecified atom stereocenters. The van der Waals surface area contributed by atoms with Crippen LogP contribution in [0.4, 0.5) is 0 Å². The average Bonchev–Trinajstić information content (AvgIpc) is 3.11. The summed E-state index contributed by atoms with van der Waals surface area (Å²) in [6.07, 6.45) is 4.69. The molecule has 2 heterocycles. The second-order valence-electron chi connectivity index (χ2n) is 5.94. The van der Waals surface area contributed by atoms with Gasteiger partial charge in [0.05, 0.1) is 10.7 Å². The lowest BCUT2D eigenvalue weighted by Crippen LogP contribution is -2.49. The van der Waals surface area contributed by atoms with Crippen LogP contribution in [-0.2, 0) is 11.3 Å². The molecule has 3 rings (SSSR count). The topological polar surface area (TPSA) is 36.4 Å². The number of nitrogens with zero attached hydrogens (tertiary/aromatic N) is 3. The molecule has 1 aromatic rings. The first-order valence-corrected chi connectivity index (χ1v) is 8.52. The molecule has 2 aliphatic rings. The highest BCUT2D eigenvalue weighted by atomic mass is 32.1. The minimum absolute atomic E-state index is 0.322. The van der Waals surface area contributed by atoms with Gasteiger partial charge >= 0.3 is 0 Å². The number of carbonyl (C=O) groups is 1. The van der Waals surface area contributed by atoms with Crippen molar-refractivity contribution in [2.24, 2.45) is 5.92 Å². The molecule has 5 heteroatoms. The molecule has 1 aliphatic carbocycles. The molecular formula is C15H23N3OS. The van der Waals surface area contributed by atoms with E-state index in [1.807, 2.05) is 6.92 Å². The van der Waals surface area contributed by atoms with E-state index in [-0.39, 0.29) is 0 Å². The van der Waals surface area contributed by atoms with Gasteiger partial charge in [-0.1, -0.05) is 12.8 Å². The maximum Gasteiger partial charge on any atom is 0.225 e. The number of aromatic nitrogens is 1. The summed E-state index contributed by atoms with van der Waals surface area (Å²) in [5.74, 6) is 0.731. The van der Waals surface area contributed by atoms with Crippen LogP contribution < -0.4 is 0 Å². The molecule has 1 saturated carbocycles. The summed E-state index contributed by atoms with van der Waals surface area (Å²) in [7, 11) is 0. The summed E-state index contributed by atoms with van der Waals surface area (Å²) in [6, 6.07) is 0. The zero-order chi connectivity index (χ0) is 13.9. The number of piperazine rings is 1. The van der Waals surface area contributed by atoms with Gasteiger partial charge in [-0.25, -0.2) is 4.98 Å². The van der Waals surface area contributed by atoms with Crippen LogP contribution in [0.3, 0.4) is 0 Å². The second kappa shape index (κ2) is 6.22. The van der Waals surface area contributed by atoms with Crippen LogP contribution in [0.25, 0.3) is 0 Å². The highest BCUT2D eigenvalue weighted by Gasteiger charge is 2.29. The van der Waals surface area contributed by atoms with Gasteiger partial charge in [0.25, 0.3) is 0 Å². The van der Waals surface area contributed by atoms with Crippen molar-refractivity contribution < 1.29 is 4.79 Å². The van der Waals surface area contributed by atoms with E-state index in [9.17, 15) is 4.79 Å². The summed E-state index contributed by atoms with van der Waals surface area (Å²) in [5.41, 5.74) is 1.17. The van der Waals surface area contributed by atoms with E-state index in [4.69, 9.17) is 0 Å². The third-order valence-corrected chi connectivity index (χ3v) is 5.26. The van der Waals surface area contributed by atoms with E-state index >= 15 is 0 Å². The molecule has 0 radical (unpaired) electrons. The number of thiazole rings is 1. The van der Waals surface area contributed by atoms with Gasteiger partial charge < -0.3 is 4.90 Å². The molecule has 0 spiro atoms. The Morgan fingerprint density at radius 1 is 1.30 bits per heavy atom. The first kappa shape index (κ1) is 14.0. The molecule has 4 nitrogen and oxygen atoms in total. The number of aryl methyl sites for hydroxylation is 1. The predicted octanol–water partition coefficient (Wildman–Crippen LogP) is 2.29. The van der Waals surface area contributed by atoms with E-state index < -0.39 is 0 Å². The molecule has 110 valence electrons. The van der Waals surface area contributed by atoms with Crippen LogP contribution in [0.2, 0.25) is 0 Å². The third-order valence-electron chi connectivity index (χ3n) is 4.44. The Bertz CT molecular complexity index is 459. The van der Waals surface area contributed by atoms with Gasteiger partial charge in [-0.3, -0.25) is 9.69 Å². The van der Waals surface area contributed by atoms with Gasteiger partial charge in [0.2, 0.25) is 5.91 Å². The minimum Gasteiger partial charge on any atom is -0.340 e. The largest absolute Gasteiger partial charge is 0.340 e. The zero-order valence-electron chi connectivity index (χ0n) is 12.2. The Morgan fingerprint density at radius 3 is 2.60 bits per heavy atom. The summed E-state index contributed by atoms with van der Waals surface area (Å²) in [6.45, 7) is 6.71. The molecule has 20 heavy (non-hydrogen) atoms. The summed E-state index contributed by atoms with van der Waals surface area (Å²) >= 11 is 1.71. The summed E-state index contributed by atoms with van der Waals surface area (Å²) in [4.78, 5) is 21.4. The van der Waals surface area contributed by atoms with Crippen LogP contribution in [0.5, 0.6) is 0 Å². The van der Waals surface area contributed by atoms with Crippen molar-refractivity contribution in [2.75, 3.05) is 26.2 Å². The van der Waals surface area contributed by atoms with E-state index in [1.165, 1.54) is 18.5 Å². The molecule has 1 saturated heterocycles. The number of hydrogen-bond acceptors (Lipinski definition) is 4. The Labute approximate surface area is 124 Å². The molecule has 1 aromatic heterocycles. The van der Waals surface area contributed by atoms with E-state index in [0.29, 0.717) is 11.8 Å². The predicted molar refractivity (Wildman–Crippen MR) is 80.7 cm³/mol. The first-order valence-electron chi connectivity index (χ1n) is 7.64. The van der Waals surface area contributed by atoms with E-state index in [2.05, 4.69) is 20.2 Å². The van der Waals surface area contributed by atoms with E-state index in [0.717, 1.165) is 50.6 Å². The normalized spacial score (nSPS) is 21.6. The molecule has 0 atom stereocenters. The monoisotopic (exact) mass is 293 g/mol. The fraction of sp³-hybridized carbons (Fsp3) is 0.733. The molecule has 0 bridgehead atoms. The van der Waals surface area contributed by atoms with Crippen LogP contribution >= 0.6 is 11.3 Å². The quantitative estimate of drug-likeness (QED) is 0.858. The summed E-state index contributed by atoms with van der Waals surface area (Å²) in [5, 5.41) is 3.28. The fourth-order valence-corrected chi connectivity index (χ4v) is 3.87. The molecule has 0 N–H and O–H groups in total. The van der Waals surface area contributed by atoms with Crippen molar-refractivity contribution in [3.63, 3.8) is 0 Å². The standard InChI is InChI=1S/C15H23N3OS/c1-12-16-14(11-20-12)10-17-6-8-18(9-7-17)15(19)13-4-2-3-5-13/h11,13H,2-10H2,1H3. The maximum atomic E-state index is 12.4. The van der Waals surface area contributed by atoms with Crippen LogP contribution in [0.1, 0.15) is 36.4 Å². The van der Waals surface area contributed by atoms with E-state index in [1.54, 1.807) is 11.3 Å². The van der Waals surface area contributed by atoms with Gasteiger partial charge in [-0.15, -0.1) is 11.3 Å². The fourth-order valence-electron chi connectivity index (χ4n) is 3.27.